The summed E-state index contributed by atoms with van der Waals surface area (Å²) in [7, 11) is 0. The molecule has 0 aliphatic carbocycles. The molecular weight excluding hydrogens is 320 g/mol. The number of carbonyl (C=O) groups is 3. The standard InChI is InChI=1S/C18H22N4O3/c1-12(2)8-9-18(3)16(24)22(17(25)21-18)11-15(23)20-14-6-4-13(10-19)5-7-14/h4-7,12H,8-9,11H2,1-3H3,(H,20,23)(H,21,25)/t18-/m0/s1. The summed E-state index contributed by atoms with van der Waals surface area (Å²) in [6.07, 6.45) is 1.33. The number of rotatable bonds is 6. The molecule has 2 N–H and O–H groups in total. The normalized spacial score (nSPS) is 19.7. The topological polar surface area (TPSA) is 102 Å². The SMILES string of the molecule is CC(C)CC[C@]1(C)NC(=O)N(CC(=O)Nc2ccc(C#N)cc2)C1=O. The van der Waals surface area contributed by atoms with E-state index in [4.69, 9.17) is 5.26 Å². The molecule has 0 spiro atoms. The van der Waals surface area contributed by atoms with Gasteiger partial charge in [-0.15, -0.1) is 0 Å². The minimum absolute atomic E-state index is 0.345. The zero-order chi connectivity index (χ0) is 18.6. The number of nitriles is 1. The first kappa shape index (κ1) is 18.5. The number of hydrogen-bond donors (Lipinski definition) is 2. The van der Waals surface area contributed by atoms with E-state index in [9.17, 15) is 14.4 Å². The average Bonchev–Trinajstić information content (AvgIpc) is 2.77. The molecule has 1 aliphatic rings. The van der Waals surface area contributed by atoms with Crippen LogP contribution in [0.4, 0.5) is 10.5 Å². The van der Waals surface area contributed by atoms with Gasteiger partial charge in [0, 0.05) is 5.69 Å². The van der Waals surface area contributed by atoms with E-state index in [1.54, 1.807) is 31.2 Å². The van der Waals surface area contributed by atoms with Crippen LogP contribution in [0.3, 0.4) is 0 Å². The van der Waals surface area contributed by atoms with Gasteiger partial charge in [-0.3, -0.25) is 14.5 Å². The molecule has 1 aromatic rings. The van der Waals surface area contributed by atoms with Gasteiger partial charge in [-0.1, -0.05) is 13.8 Å². The van der Waals surface area contributed by atoms with Crippen LogP contribution in [0, 0.1) is 17.2 Å². The van der Waals surface area contributed by atoms with Gasteiger partial charge in [0.15, 0.2) is 0 Å². The maximum Gasteiger partial charge on any atom is 0.325 e. The fourth-order valence-electron chi connectivity index (χ4n) is 2.61. The zero-order valence-electron chi connectivity index (χ0n) is 14.6. The van der Waals surface area contributed by atoms with Crippen LogP contribution >= 0.6 is 0 Å². The van der Waals surface area contributed by atoms with Gasteiger partial charge in [-0.25, -0.2) is 4.79 Å². The van der Waals surface area contributed by atoms with E-state index in [1.807, 2.05) is 19.9 Å². The Hall–Kier alpha value is -2.88. The summed E-state index contributed by atoms with van der Waals surface area (Å²) >= 11 is 0. The van der Waals surface area contributed by atoms with Crippen LogP contribution in [0.5, 0.6) is 0 Å². The molecule has 0 saturated carbocycles. The molecular formula is C18H22N4O3. The van der Waals surface area contributed by atoms with Gasteiger partial charge in [-0.2, -0.15) is 5.26 Å². The number of carbonyl (C=O) groups excluding carboxylic acids is 3. The molecule has 132 valence electrons. The summed E-state index contributed by atoms with van der Waals surface area (Å²) in [5, 5.41) is 14.1. The second kappa shape index (κ2) is 7.34. The monoisotopic (exact) mass is 342 g/mol. The summed E-state index contributed by atoms with van der Waals surface area (Å²) in [6, 6.07) is 7.77. The maximum absolute atomic E-state index is 12.5. The van der Waals surface area contributed by atoms with E-state index in [0.717, 1.165) is 11.3 Å². The Kier molecular flexibility index (Phi) is 5.42. The van der Waals surface area contributed by atoms with Gasteiger partial charge in [0.25, 0.3) is 5.91 Å². The van der Waals surface area contributed by atoms with E-state index in [2.05, 4.69) is 10.6 Å². The number of nitrogens with zero attached hydrogens (tertiary/aromatic N) is 2. The van der Waals surface area contributed by atoms with Crippen molar-refractivity contribution in [1.82, 2.24) is 10.2 Å². The van der Waals surface area contributed by atoms with Crippen LogP contribution in [-0.2, 0) is 9.59 Å². The summed E-state index contributed by atoms with van der Waals surface area (Å²) in [6.45, 7) is 5.44. The highest BCUT2D eigenvalue weighted by molar-refractivity contribution is 6.09. The molecule has 1 aliphatic heterocycles. The van der Waals surface area contributed by atoms with Crippen molar-refractivity contribution in [2.75, 3.05) is 11.9 Å². The molecule has 0 unspecified atom stereocenters. The molecule has 2 rings (SSSR count). The van der Waals surface area contributed by atoms with E-state index >= 15 is 0 Å². The molecule has 0 bridgehead atoms. The second-order valence-corrected chi connectivity index (χ2v) is 6.82. The third kappa shape index (κ3) is 4.35. The molecule has 1 heterocycles. The van der Waals surface area contributed by atoms with Gasteiger partial charge >= 0.3 is 6.03 Å². The molecule has 0 aromatic heterocycles. The third-order valence-corrected chi connectivity index (χ3v) is 4.17. The van der Waals surface area contributed by atoms with Crippen LogP contribution in [0.1, 0.15) is 39.2 Å². The van der Waals surface area contributed by atoms with E-state index in [-0.39, 0.29) is 12.5 Å². The maximum atomic E-state index is 12.5. The lowest BCUT2D eigenvalue weighted by molar-refractivity contribution is -0.133. The van der Waals surface area contributed by atoms with Gasteiger partial charge in [0.1, 0.15) is 12.1 Å². The Morgan fingerprint density at radius 1 is 1.32 bits per heavy atom. The first-order chi connectivity index (χ1) is 11.7. The number of benzene rings is 1. The Labute approximate surface area is 147 Å². The Morgan fingerprint density at radius 2 is 1.96 bits per heavy atom. The molecule has 1 saturated heterocycles. The molecule has 25 heavy (non-hydrogen) atoms. The number of nitrogens with one attached hydrogen (secondary N) is 2. The van der Waals surface area contributed by atoms with Crippen LogP contribution in [0.15, 0.2) is 24.3 Å². The number of amides is 4. The summed E-state index contributed by atoms with van der Waals surface area (Å²) < 4.78 is 0. The van der Waals surface area contributed by atoms with Crippen molar-refractivity contribution in [3.63, 3.8) is 0 Å². The zero-order valence-corrected chi connectivity index (χ0v) is 14.6. The van der Waals surface area contributed by atoms with E-state index in [1.165, 1.54) is 0 Å². The highest BCUT2D eigenvalue weighted by atomic mass is 16.2. The van der Waals surface area contributed by atoms with Crippen molar-refractivity contribution >= 4 is 23.5 Å². The van der Waals surface area contributed by atoms with Crippen molar-refractivity contribution in [1.29, 1.82) is 5.26 Å². The lowest BCUT2D eigenvalue weighted by Gasteiger charge is -2.22. The predicted molar refractivity (Wildman–Crippen MR) is 92.5 cm³/mol. The number of urea groups is 1. The lowest BCUT2D eigenvalue weighted by atomic mass is 9.92. The minimum atomic E-state index is -0.962. The molecule has 7 heteroatoms. The Balaban J connectivity index is 1.99. The average molecular weight is 342 g/mol. The smallest absolute Gasteiger partial charge is 0.325 e. The Bertz CT molecular complexity index is 721. The highest BCUT2D eigenvalue weighted by Crippen LogP contribution is 2.24. The molecule has 7 nitrogen and oxygen atoms in total. The minimum Gasteiger partial charge on any atom is -0.325 e. The lowest BCUT2D eigenvalue weighted by Crippen LogP contribution is -2.44. The van der Waals surface area contributed by atoms with Gasteiger partial charge in [-0.05, 0) is 49.9 Å². The van der Waals surface area contributed by atoms with Crippen LogP contribution in [0.25, 0.3) is 0 Å². The van der Waals surface area contributed by atoms with Crippen molar-refractivity contribution in [2.24, 2.45) is 5.92 Å². The number of imide groups is 1. The summed E-state index contributed by atoms with van der Waals surface area (Å²) in [4.78, 5) is 37.7. The highest BCUT2D eigenvalue weighted by Gasteiger charge is 2.47. The summed E-state index contributed by atoms with van der Waals surface area (Å²) in [5.41, 5.74) is 0.0161. The fraction of sp³-hybridized carbons (Fsp3) is 0.444. The van der Waals surface area contributed by atoms with Crippen LogP contribution in [0.2, 0.25) is 0 Å². The predicted octanol–water partition coefficient (Wildman–Crippen LogP) is 2.24. The van der Waals surface area contributed by atoms with Gasteiger partial charge < -0.3 is 10.6 Å². The summed E-state index contributed by atoms with van der Waals surface area (Å²) in [5.74, 6) is -0.440. The number of hydrogen-bond acceptors (Lipinski definition) is 4. The van der Waals surface area contributed by atoms with Crippen molar-refractivity contribution in [3.8, 4) is 6.07 Å². The molecule has 1 aromatic carbocycles. The van der Waals surface area contributed by atoms with Crippen LogP contribution in [-0.4, -0.2) is 34.8 Å². The molecule has 1 atom stereocenters. The number of anilines is 1. The first-order valence-electron chi connectivity index (χ1n) is 8.19. The second-order valence-electron chi connectivity index (χ2n) is 6.82. The van der Waals surface area contributed by atoms with Crippen LogP contribution < -0.4 is 10.6 Å². The first-order valence-corrected chi connectivity index (χ1v) is 8.19. The van der Waals surface area contributed by atoms with Crippen molar-refractivity contribution < 1.29 is 14.4 Å². The Morgan fingerprint density at radius 3 is 2.52 bits per heavy atom. The van der Waals surface area contributed by atoms with Crippen molar-refractivity contribution in [3.05, 3.63) is 29.8 Å². The fourth-order valence-corrected chi connectivity index (χ4v) is 2.61. The van der Waals surface area contributed by atoms with Gasteiger partial charge in [0.05, 0.1) is 11.6 Å². The third-order valence-electron chi connectivity index (χ3n) is 4.17. The van der Waals surface area contributed by atoms with Gasteiger partial charge in [0.2, 0.25) is 5.91 Å². The molecule has 4 amide bonds. The van der Waals surface area contributed by atoms with E-state index < -0.39 is 17.5 Å². The molecule has 1 fully saturated rings. The quantitative estimate of drug-likeness (QED) is 0.774. The molecule has 0 radical (unpaired) electrons. The largest absolute Gasteiger partial charge is 0.325 e. The van der Waals surface area contributed by atoms with Crippen molar-refractivity contribution in [2.45, 2.75) is 39.2 Å². The van der Waals surface area contributed by atoms with E-state index in [0.29, 0.717) is 23.6 Å².